The molecular formula is C24H31FN2O2. The number of halogens is 1. The maximum atomic E-state index is 15.0. The highest BCUT2D eigenvalue weighted by Gasteiger charge is 2.28. The van der Waals surface area contributed by atoms with E-state index in [1.54, 1.807) is 6.07 Å². The van der Waals surface area contributed by atoms with Crippen molar-refractivity contribution < 1.29 is 13.9 Å². The Balaban J connectivity index is 1.90. The first kappa shape index (κ1) is 21.3. The second-order valence-electron chi connectivity index (χ2n) is 7.85. The van der Waals surface area contributed by atoms with Gasteiger partial charge in [-0.25, -0.2) is 9.18 Å². The summed E-state index contributed by atoms with van der Waals surface area (Å²) in [7, 11) is 1.37. The van der Waals surface area contributed by atoms with E-state index in [4.69, 9.17) is 0 Å². The van der Waals surface area contributed by atoms with Gasteiger partial charge in [0.25, 0.3) is 0 Å². The average molecular weight is 399 g/mol. The minimum atomic E-state index is -0.410. The SMILES string of the molecule is COC(=O)NCCC[C@@H](c1cccc(F)c1-c1cccc(C)c1)[C@@H]1CCCNC1. The molecule has 2 aromatic carbocycles. The maximum Gasteiger partial charge on any atom is 0.406 e. The molecule has 4 nitrogen and oxygen atoms in total. The topological polar surface area (TPSA) is 50.4 Å². The van der Waals surface area contributed by atoms with Crippen LogP contribution in [0.2, 0.25) is 0 Å². The lowest BCUT2D eigenvalue weighted by atomic mass is 9.76. The van der Waals surface area contributed by atoms with Crippen molar-refractivity contribution in [3.8, 4) is 11.1 Å². The third kappa shape index (κ3) is 5.57. The van der Waals surface area contributed by atoms with E-state index < -0.39 is 6.09 Å². The van der Waals surface area contributed by atoms with Crippen LogP contribution in [0.5, 0.6) is 0 Å². The van der Waals surface area contributed by atoms with E-state index in [0.29, 0.717) is 18.0 Å². The van der Waals surface area contributed by atoms with E-state index in [-0.39, 0.29) is 11.7 Å². The van der Waals surface area contributed by atoms with Crippen molar-refractivity contribution in [1.82, 2.24) is 10.6 Å². The third-order valence-corrected chi connectivity index (χ3v) is 5.80. The second-order valence-corrected chi connectivity index (χ2v) is 7.85. The van der Waals surface area contributed by atoms with Crippen LogP contribution in [-0.4, -0.2) is 32.8 Å². The molecule has 0 aliphatic carbocycles. The van der Waals surface area contributed by atoms with Crippen LogP contribution in [0.15, 0.2) is 42.5 Å². The predicted molar refractivity (Wildman–Crippen MR) is 115 cm³/mol. The summed E-state index contributed by atoms with van der Waals surface area (Å²) in [5.41, 5.74) is 3.84. The molecule has 1 aliphatic rings. The molecule has 1 heterocycles. The van der Waals surface area contributed by atoms with Gasteiger partial charge < -0.3 is 15.4 Å². The fourth-order valence-corrected chi connectivity index (χ4v) is 4.41. The standard InChI is InChI=1S/C24H31FN2O2/c1-17-7-3-8-18(15-17)23-21(10-4-12-22(23)25)20(19-9-5-13-26-16-19)11-6-14-27-24(28)29-2/h3-4,7-8,10,12,15,19-20,26H,5-6,9,11,13-14,16H2,1-2H3,(H,27,28)/t19-,20-/m1/s1. The highest BCUT2D eigenvalue weighted by molar-refractivity contribution is 5.69. The zero-order valence-electron chi connectivity index (χ0n) is 17.3. The van der Waals surface area contributed by atoms with E-state index in [2.05, 4.69) is 27.5 Å². The summed E-state index contributed by atoms with van der Waals surface area (Å²) in [6.45, 7) is 4.57. The molecule has 2 aromatic rings. The number of piperidine rings is 1. The smallest absolute Gasteiger partial charge is 0.406 e. The zero-order valence-corrected chi connectivity index (χ0v) is 17.3. The van der Waals surface area contributed by atoms with E-state index in [1.165, 1.54) is 7.11 Å². The monoisotopic (exact) mass is 398 g/mol. The summed E-state index contributed by atoms with van der Waals surface area (Å²) < 4.78 is 19.7. The summed E-state index contributed by atoms with van der Waals surface area (Å²) in [5, 5.41) is 6.26. The first-order valence-electron chi connectivity index (χ1n) is 10.5. The predicted octanol–water partition coefficient (Wildman–Crippen LogP) is 5.02. The van der Waals surface area contributed by atoms with Gasteiger partial charge >= 0.3 is 6.09 Å². The summed E-state index contributed by atoms with van der Waals surface area (Å²) >= 11 is 0. The number of hydrogen-bond acceptors (Lipinski definition) is 3. The molecule has 0 aromatic heterocycles. The molecule has 0 radical (unpaired) electrons. The normalized spacial score (nSPS) is 17.6. The number of carbonyl (C=O) groups is 1. The Morgan fingerprint density at radius 2 is 2.14 bits per heavy atom. The zero-order chi connectivity index (χ0) is 20.6. The Kier molecular flexibility index (Phi) is 7.64. The minimum Gasteiger partial charge on any atom is -0.453 e. The highest BCUT2D eigenvalue weighted by Crippen LogP contribution is 2.40. The molecule has 0 saturated carbocycles. The maximum absolute atomic E-state index is 15.0. The van der Waals surface area contributed by atoms with Crippen molar-refractivity contribution >= 4 is 6.09 Å². The molecule has 1 amide bonds. The summed E-state index contributed by atoms with van der Waals surface area (Å²) in [5.74, 6) is 0.509. The van der Waals surface area contributed by atoms with Crippen LogP contribution in [0.3, 0.4) is 0 Å². The van der Waals surface area contributed by atoms with Crippen molar-refractivity contribution in [2.45, 2.75) is 38.5 Å². The third-order valence-electron chi connectivity index (χ3n) is 5.80. The fourth-order valence-electron chi connectivity index (χ4n) is 4.41. The molecular weight excluding hydrogens is 367 g/mol. The van der Waals surface area contributed by atoms with Crippen molar-refractivity contribution in [3.63, 3.8) is 0 Å². The molecule has 1 fully saturated rings. The minimum absolute atomic E-state index is 0.172. The summed E-state index contributed by atoms with van der Waals surface area (Å²) in [6, 6.07) is 13.5. The Morgan fingerprint density at radius 3 is 2.86 bits per heavy atom. The van der Waals surface area contributed by atoms with Gasteiger partial charge in [0, 0.05) is 12.1 Å². The number of ether oxygens (including phenoxy) is 1. The molecule has 156 valence electrons. The molecule has 1 saturated heterocycles. The van der Waals surface area contributed by atoms with Crippen LogP contribution in [0.4, 0.5) is 9.18 Å². The number of amides is 1. The van der Waals surface area contributed by atoms with Gasteiger partial charge in [0.1, 0.15) is 5.82 Å². The van der Waals surface area contributed by atoms with Gasteiger partial charge in [-0.15, -0.1) is 0 Å². The number of benzene rings is 2. The van der Waals surface area contributed by atoms with Gasteiger partial charge in [0.15, 0.2) is 0 Å². The number of hydrogen-bond donors (Lipinski definition) is 2. The molecule has 29 heavy (non-hydrogen) atoms. The van der Waals surface area contributed by atoms with Gasteiger partial charge in [0.05, 0.1) is 7.11 Å². The highest BCUT2D eigenvalue weighted by atomic mass is 19.1. The number of rotatable bonds is 7. The molecule has 1 aliphatic heterocycles. The quantitative estimate of drug-likeness (QED) is 0.644. The van der Waals surface area contributed by atoms with Gasteiger partial charge in [-0.1, -0.05) is 42.0 Å². The van der Waals surface area contributed by atoms with Crippen LogP contribution < -0.4 is 10.6 Å². The molecule has 3 rings (SSSR count). The van der Waals surface area contributed by atoms with Crippen molar-refractivity contribution in [2.75, 3.05) is 26.7 Å². The van der Waals surface area contributed by atoms with Crippen LogP contribution in [0, 0.1) is 18.7 Å². The summed E-state index contributed by atoms with van der Waals surface area (Å²) in [4.78, 5) is 11.4. The van der Waals surface area contributed by atoms with Crippen molar-refractivity contribution in [3.05, 3.63) is 59.4 Å². The number of carbonyl (C=O) groups excluding carboxylic acids is 1. The van der Waals surface area contributed by atoms with Crippen molar-refractivity contribution in [2.24, 2.45) is 5.92 Å². The van der Waals surface area contributed by atoms with Gasteiger partial charge in [-0.2, -0.15) is 0 Å². The Labute approximate surface area is 172 Å². The summed E-state index contributed by atoms with van der Waals surface area (Å²) in [6.07, 6.45) is 3.56. The number of nitrogens with one attached hydrogen (secondary N) is 2. The fraction of sp³-hybridized carbons (Fsp3) is 0.458. The van der Waals surface area contributed by atoms with Gasteiger partial charge in [-0.3, -0.25) is 0 Å². The van der Waals surface area contributed by atoms with Crippen molar-refractivity contribution in [1.29, 1.82) is 0 Å². The molecule has 0 unspecified atom stereocenters. The van der Waals surface area contributed by atoms with Gasteiger partial charge in [-0.05, 0) is 74.7 Å². The van der Waals surface area contributed by atoms with Crippen LogP contribution >= 0.6 is 0 Å². The van der Waals surface area contributed by atoms with Crippen LogP contribution in [0.25, 0.3) is 11.1 Å². The Hall–Kier alpha value is -2.40. The molecule has 5 heteroatoms. The molecule has 2 atom stereocenters. The first-order valence-corrected chi connectivity index (χ1v) is 10.5. The van der Waals surface area contributed by atoms with E-state index in [1.807, 2.05) is 31.2 Å². The Morgan fingerprint density at radius 1 is 1.31 bits per heavy atom. The molecule has 0 bridgehead atoms. The van der Waals surface area contributed by atoms with Crippen LogP contribution in [-0.2, 0) is 4.74 Å². The largest absolute Gasteiger partial charge is 0.453 e. The Bertz CT molecular complexity index is 818. The van der Waals surface area contributed by atoms with E-state index in [9.17, 15) is 4.79 Å². The number of methoxy groups -OCH3 is 1. The lowest BCUT2D eigenvalue weighted by Crippen LogP contribution is -2.34. The van der Waals surface area contributed by atoms with Gasteiger partial charge in [0.2, 0.25) is 0 Å². The second kappa shape index (κ2) is 10.4. The molecule has 2 N–H and O–H groups in total. The average Bonchev–Trinajstić information content (AvgIpc) is 2.74. The van der Waals surface area contributed by atoms with Crippen LogP contribution in [0.1, 0.15) is 42.7 Å². The number of aryl methyl sites for hydroxylation is 1. The lowest BCUT2D eigenvalue weighted by molar-refractivity contribution is 0.170. The molecule has 0 spiro atoms. The lowest BCUT2D eigenvalue weighted by Gasteiger charge is -2.33. The van der Waals surface area contributed by atoms with E-state index >= 15 is 4.39 Å². The number of alkyl carbamates (subject to hydrolysis) is 1. The van der Waals surface area contributed by atoms with E-state index in [0.717, 1.165) is 55.5 Å². The first-order chi connectivity index (χ1) is 14.1.